The monoisotopic (exact) mass is 823 g/mol. The number of ether oxygens (including phenoxy) is 1. The second-order valence-electron chi connectivity index (χ2n) is 18.0. The molecule has 0 spiro atoms. The Hall–Kier alpha value is -6.95. The Bertz CT molecular complexity index is 3760. The zero-order valence-corrected chi connectivity index (χ0v) is 36.3. The minimum atomic E-state index is -4.86. The van der Waals surface area contributed by atoms with Gasteiger partial charge in [-0.25, -0.2) is 4.98 Å². The van der Waals surface area contributed by atoms with E-state index in [-0.39, 0.29) is 21.9 Å². The molecule has 1 aliphatic carbocycles. The molecular formula is C57H47N3OSi. The van der Waals surface area contributed by atoms with E-state index in [4.69, 9.17) is 9.72 Å². The molecule has 0 radical (unpaired) electrons. The summed E-state index contributed by atoms with van der Waals surface area (Å²) in [5.41, 5.74) is 16.5. The molecule has 0 amide bonds. The van der Waals surface area contributed by atoms with Crippen molar-refractivity contribution in [2.45, 2.75) is 53.0 Å². The first-order valence-electron chi connectivity index (χ1n) is 24.3. The molecule has 0 saturated carbocycles. The normalized spacial score (nSPS) is 15.5. The highest BCUT2D eigenvalue weighted by atomic mass is 28.3. The van der Waals surface area contributed by atoms with Crippen molar-refractivity contribution in [3.63, 3.8) is 0 Å². The summed E-state index contributed by atoms with van der Waals surface area (Å²) < 4.78 is 68.6. The van der Waals surface area contributed by atoms with Crippen LogP contribution in [0.5, 0.6) is 11.5 Å². The fourth-order valence-corrected chi connectivity index (χ4v) is 12.3. The zero-order chi connectivity index (χ0) is 47.2. The number of imidazole rings is 2. The first kappa shape index (κ1) is 31.0. The van der Waals surface area contributed by atoms with Crippen LogP contribution in [0.3, 0.4) is 0 Å². The molecule has 4 nitrogen and oxygen atoms in total. The van der Waals surface area contributed by atoms with Gasteiger partial charge in [-0.05, 0) is 145 Å². The quantitative estimate of drug-likeness (QED) is 0.163. The predicted octanol–water partition coefficient (Wildman–Crippen LogP) is 13.9. The van der Waals surface area contributed by atoms with Gasteiger partial charge in [0.25, 0.3) is 0 Å². The van der Waals surface area contributed by atoms with Crippen LogP contribution in [0.2, 0.25) is 13.0 Å². The van der Waals surface area contributed by atoms with Crippen molar-refractivity contribution < 1.29 is 13.0 Å². The Labute approximate surface area is 372 Å². The van der Waals surface area contributed by atoms with Gasteiger partial charge in [0.15, 0.2) is 0 Å². The summed E-state index contributed by atoms with van der Waals surface area (Å²) in [6.45, 7) is 4.70. The third kappa shape index (κ3) is 5.15. The molecule has 5 heteroatoms. The number of benzene rings is 8. The Kier molecular flexibility index (Phi) is 6.51. The smallest absolute Gasteiger partial charge is 0.220 e. The SMILES string of the molecule is [2H]C([2H])([2H])[Si]1(C([2H])([2H])[2H])c2ccc(C)cc2Oc2c1cc(-n1c3ccccc3n3c4ccccc4nc13)c(C)c2-c1cc2c(cc1C(C)(C)C)-c1ccccc1-c1ccccc1-c1ccccc1-2. The van der Waals surface area contributed by atoms with Crippen molar-refractivity contribution >= 4 is 46.3 Å². The van der Waals surface area contributed by atoms with E-state index in [9.17, 15) is 8.22 Å². The highest BCUT2D eigenvalue weighted by Crippen LogP contribution is 2.53. The van der Waals surface area contributed by atoms with E-state index in [1.165, 1.54) is 0 Å². The van der Waals surface area contributed by atoms with Gasteiger partial charge in [-0.2, -0.15) is 0 Å². The van der Waals surface area contributed by atoms with Crippen LogP contribution in [0, 0.1) is 13.8 Å². The van der Waals surface area contributed by atoms with Gasteiger partial charge in [0.2, 0.25) is 5.78 Å². The van der Waals surface area contributed by atoms with Crippen LogP contribution in [-0.2, 0) is 5.41 Å². The highest BCUT2D eigenvalue weighted by Gasteiger charge is 2.40. The van der Waals surface area contributed by atoms with Gasteiger partial charge in [-0.1, -0.05) is 143 Å². The van der Waals surface area contributed by atoms with Crippen LogP contribution in [0.1, 0.15) is 45.7 Å². The second-order valence-corrected chi connectivity index (χ2v) is 20.6. The van der Waals surface area contributed by atoms with Crippen LogP contribution >= 0.6 is 0 Å². The van der Waals surface area contributed by atoms with Crippen LogP contribution < -0.4 is 15.1 Å². The van der Waals surface area contributed by atoms with E-state index >= 15 is 0 Å². The molecule has 8 aromatic carbocycles. The van der Waals surface area contributed by atoms with Crippen molar-refractivity contribution in [3.8, 4) is 72.8 Å². The minimum absolute atomic E-state index is 0.211. The molecule has 2 aliphatic rings. The van der Waals surface area contributed by atoms with Crippen LogP contribution in [0.15, 0.2) is 158 Å². The van der Waals surface area contributed by atoms with Crippen LogP contribution in [-0.4, -0.2) is 22.0 Å². The summed E-state index contributed by atoms with van der Waals surface area (Å²) in [7, 11) is -4.86. The van der Waals surface area contributed by atoms with E-state index in [2.05, 4.69) is 128 Å². The predicted molar refractivity (Wildman–Crippen MR) is 262 cm³/mol. The molecule has 2 aromatic heterocycles. The Morgan fingerprint density at radius 1 is 0.548 bits per heavy atom. The van der Waals surface area contributed by atoms with E-state index in [0.717, 1.165) is 88.8 Å². The summed E-state index contributed by atoms with van der Waals surface area (Å²) >= 11 is 0. The van der Waals surface area contributed by atoms with Gasteiger partial charge in [0.1, 0.15) is 19.6 Å². The fraction of sp³-hybridized carbons (Fsp3) is 0.140. The first-order valence-corrected chi connectivity index (χ1v) is 23.3. The van der Waals surface area contributed by atoms with Gasteiger partial charge in [0, 0.05) is 13.8 Å². The van der Waals surface area contributed by atoms with Crippen molar-refractivity contribution in [1.29, 1.82) is 0 Å². The summed E-state index contributed by atoms with van der Waals surface area (Å²) in [6, 6.07) is 53.5. The molecule has 1 aliphatic heterocycles. The zero-order valence-electron chi connectivity index (χ0n) is 41.3. The third-order valence-corrected chi connectivity index (χ3v) is 15.6. The van der Waals surface area contributed by atoms with E-state index < -0.39 is 26.4 Å². The van der Waals surface area contributed by atoms with Crippen molar-refractivity contribution in [3.05, 3.63) is 174 Å². The Morgan fingerprint density at radius 3 is 1.71 bits per heavy atom. The van der Waals surface area contributed by atoms with Crippen LogP contribution in [0.25, 0.3) is 89.2 Å². The average Bonchev–Trinajstić information content (AvgIpc) is 3.83. The van der Waals surface area contributed by atoms with Crippen LogP contribution in [0.4, 0.5) is 0 Å². The maximum atomic E-state index is 9.53. The lowest BCUT2D eigenvalue weighted by Crippen LogP contribution is -2.56. The van der Waals surface area contributed by atoms with Gasteiger partial charge in [-0.15, -0.1) is 0 Å². The number of aromatic nitrogens is 3. The molecule has 0 bridgehead atoms. The maximum absolute atomic E-state index is 9.53. The van der Waals surface area contributed by atoms with Crippen molar-refractivity contribution in [2.24, 2.45) is 0 Å². The molecule has 0 N–H and O–H groups in total. The molecule has 3 heterocycles. The summed E-state index contributed by atoms with van der Waals surface area (Å²) in [5.74, 6) is 1.18. The van der Waals surface area contributed by atoms with Gasteiger partial charge in [-0.3, -0.25) is 8.97 Å². The molecule has 12 rings (SSSR count). The first-order chi connectivity index (χ1) is 32.5. The van der Waals surface area contributed by atoms with Crippen molar-refractivity contribution in [1.82, 2.24) is 14.0 Å². The number of hydrogen-bond acceptors (Lipinski definition) is 2. The molecule has 0 fully saturated rings. The van der Waals surface area contributed by atoms with Gasteiger partial charge in [0.05, 0.1) is 27.8 Å². The number of para-hydroxylation sites is 4. The number of rotatable bonds is 2. The van der Waals surface area contributed by atoms with Crippen molar-refractivity contribution in [2.75, 3.05) is 0 Å². The van der Waals surface area contributed by atoms with E-state index in [1.807, 2.05) is 61.5 Å². The largest absolute Gasteiger partial charge is 0.457 e. The van der Waals surface area contributed by atoms with E-state index in [1.54, 1.807) is 12.1 Å². The standard InChI is InChI=1S/C57H47N3OSi/c1-34-28-29-52-51(30-34)61-55-53(62(52,6)7)33-50(60-49-27-17-16-26-48(49)59-47-25-15-14-24-46(47)58-56(59)60)35(2)54(55)44-31-42-40-22-12-10-20-38(40)36-18-8-9-19-37(36)39-21-11-13-23-41(39)43(42)32-45(44)57(3,4)5/h8-33H,1-7H3/i6D3,7D3. The molecule has 300 valence electrons. The molecule has 0 saturated heterocycles. The third-order valence-electron chi connectivity index (χ3n) is 13.2. The molecule has 0 atom stereocenters. The van der Waals surface area contributed by atoms with Gasteiger partial charge < -0.3 is 4.74 Å². The number of aryl methyl sites for hydroxylation is 1. The summed E-state index contributed by atoms with van der Waals surface area (Å²) in [5, 5.41) is 0.451. The molecular weight excluding hydrogens is 771 g/mol. The Morgan fingerprint density at radius 2 is 1.10 bits per heavy atom. The Balaban J connectivity index is 1.30. The number of fused-ring (bicyclic) bond motifs is 15. The number of hydrogen-bond donors (Lipinski definition) is 0. The average molecular weight is 824 g/mol. The lowest BCUT2D eigenvalue weighted by Gasteiger charge is -2.37. The summed E-state index contributed by atoms with van der Waals surface area (Å²) in [4.78, 5) is 5.25. The highest BCUT2D eigenvalue weighted by molar-refractivity contribution is 7.01. The molecule has 0 unspecified atom stereocenters. The van der Waals surface area contributed by atoms with E-state index in [0.29, 0.717) is 17.0 Å². The lowest BCUT2D eigenvalue weighted by molar-refractivity contribution is 0.487. The summed E-state index contributed by atoms with van der Waals surface area (Å²) in [6.07, 6.45) is 0. The topological polar surface area (TPSA) is 31.5 Å². The second kappa shape index (κ2) is 13.0. The molecule has 62 heavy (non-hydrogen) atoms. The van der Waals surface area contributed by atoms with Gasteiger partial charge >= 0.3 is 0 Å². The minimum Gasteiger partial charge on any atom is -0.457 e. The lowest BCUT2D eigenvalue weighted by atomic mass is 9.74. The number of nitrogens with zero attached hydrogens (tertiary/aromatic N) is 3. The fourth-order valence-electron chi connectivity index (χ4n) is 10.3. The molecule has 10 aromatic rings. The maximum Gasteiger partial charge on any atom is 0.220 e.